The molecule has 0 N–H and O–H groups in total. The molecule has 0 aliphatic heterocycles. The first-order valence-corrected chi connectivity index (χ1v) is 6.29. The molecule has 0 unspecified atom stereocenters. The van der Waals surface area contributed by atoms with E-state index < -0.39 is 0 Å². The largest absolute Gasteiger partial charge is 0.292 e. The molecule has 0 radical (unpaired) electrons. The minimum atomic E-state index is 0.0949. The number of Topliss-reactive ketones (excluding diaryl/α,β-unsaturated/α-hetero) is 1. The number of ketones is 1. The molecule has 3 heteroatoms. The normalized spacial score (nSPS) is 17.3. The van der Waals surface area contributed by atoms with Gasteiger partial charge in [-0.25, -0.2) is 0 Å². The third kappa shape index (κ3) is 2.82. The van der Waals surface area contributed by atoms with Gasteiger partial charge in [0.15, 0.2) is 5.78 Å². The van der Waals surface area contributed by atoms with Crippen molar-refractivity contribution in [2.75, 3.05) is 0 Å². The van der Waals surface area contributed by atoms with E-state index in [1.165, 1.54) is 32.1 Å². The summed E-state index contributed by atoms with van der Waals surface area (Å²) in [5, 5.41) is 0.475. The van der Waals surface area contributed by atoms with E-state index in [0.717, 1.165) is 0 Å². The van der Waals surface area contributed by atoms with Crippen molar-refractivity contribution in [3.05, 3.63) is 29.0 Å². The highest BCUT2D eigenvalue weighted by Gasteiger charge is 2.19. The average molecular weight is 238 g/mol. The van der Waals surface area contributed by atoms with Crippen LogP contribution in [0.15, 0.2) is 18.3 Å². The maximum absolute atomic E-state index is 12.0. The molecule has 16 heavy (non-hydrogen) atoms. The molecule has 1 aliphatic carbocycles. The highest BCUT2D eigenvalue weighted by molar-refractivity contribution is 6.33. The van der Waals surface area contributed by atoms with Crippen molar-refractivity contribution >= 4 is 17.4 Å². The molecular formula is C13H16ClNO. The predicted octanol–water partition coefficient (Wildman–Crippen LogP) is 3.89. The Morgan fingerprint density at radius 2 is 2.12 bits per heavy atom. The van der Waals surface area contributed by atoms with E-state index >= 15 is 0 Å². The molecule has 86 valence electrons. The van der Waals surface area contributed by atoms with Crippen LogP contribution in [0, 0.1) is 5.92 Å². The molecule has 1 aromatic heterocycles. The Hall–Kier alpha value is -0.890. The minimum Gasteiger partial charge on any atom is -0.292 e. The van der Waals surface area contributed by atoms with Gasteiger partial charge in [-0.3, -0.25) is 9.78 Å². The van der Waals surface area contributed by atoms with Crippen molar-refractivity contribution in [1.82, 2.24) is 4.98 Å². The Labute approximate surface area is 101 Å². The summed E-state index contributed by atoms with van der Waals surface area (Å²) in [4.78, 5) is 16.0. The van der Waals surface area contributed by atoms with Crippen molar-refractivity contribution in [1.29, 1.82) is 0 Å². The smallest absolute Gasteiger partial charge is 0.182 e. The van der Waals surface area contributed by atoms with Crippen LogP contribution in [0.25, 0.3) is 0 Å². The minimum absolute atomic E-state index is 0.0949. The van der Waals surface area contributed by atoms with Gasteiger partial charge in [0, 0.05) is 12.6 Å². The third-order valence-corrected chi connectivity index (χ3v) is 3.53. The maximum Gasteiger partial charge on any atom is 0.182 e. The first-order chi connectivity index (χ1) is 7.77. The second-order valence-corrected chi connectivity index (χ2v) is 4.87. The summed E-state index contributed by atoms with van der Waals surface area (Å²) in [6.45, 7) is 0. The fourth-order valence-corrected chi connectivity index (χ4v) is 2.57. The number of rotatable bonds is 3. The summed E-state index contributed by atoms with van der Waals surface area (Å²) < 4.78 is 0. The van der Waals surface area contributed by atoms with E-state index in [2.05, 4.69) is 4.98 Å². The van der Waals surface area contributed by atoms with Crippen LogP contribution in [0.5, 0.6) is 0 Å². The molecule has 0 spiro atoms. The first kappa shape index (κ1) is 11.6. The summed E-state index contributed by atoms with van der Waals surface area (Å²) in [6.07, 6.45) is 8.42. The lowest BCUT2D eigenvalue weighted by molar-refractivity contribution is 0.0945. The van der Waals surface area contributed by atoms with Gasteiger partial charge in [0.25, 0.3) is 0 Å². The number of carbonyl (C=O) groups excluding carboxylic acids is 1. The second-order valence-electron chi connectivity index (χ2n) is 4.47. The molecule has 0 bridgehead atoms. The Kier molecular flexibility index (Phi) is 3.94. The number of carbonyl (C=O) groups is 1. The van der Waals surface area contributed by atoms with Gasteiger partial charge >= 0.3 is 0 Å². The number of halogens is 1. The summed E-state index contributed by atoms with van der Waals surface area (Å²) in [7, 11) is 0. The summed E-state index contributed by atoms with van der Waals surface area (Å²) >= 11 is 5.95. The van der Waals surface area contributed by atoms with E-state index in [4.69, 9.17) is 11.6 Å². The zero-order chi connectivity index (χ0) is 11.4. The number of hydrogen-bond donors (Lipinski definition) is 0. The zero-order valence-electron chi connectivity index (χ0n) is 9.29. The highest BCUT2D eigenvalue weighted by Crippen LogP contribution is 2.28. The summed E-state index contributed by atoms with van der Waals surface area (Å²) in [5.74, 6) is 0.636. The lowest BCUT2D eigenvalue weighted by Gasteiger charge is -2.20. The number of hydrogen-bond acceptors (Lipinski definition) is 2. The van der Waals surface area contributed by atoms with E-state index in [9.17, 15) is 4.79 Å². The quantitative estimate of drug-likeness (QED) is 0.747. The van der Waals surface area contributed by atoms with Gasteiger partial charge in [0.1, 0.15) is 5.69 Å². The van der Waals surface area contributed by atoms with Gasteiger partial charge in [-0.1, -0.05) is 43.7 Å². The number of nitrogens with zero attached hydrogens (tertiary/aromatic N) is 1. The van der Waals surface area contributed by atoms with Crippen LogP contribution in [-0.2, 0) is 0 Å². The molecule has 0 aromatic carbocycles. The van der Waals surface area contributed by atoms with Crippen molar-refractivity contribution in [2.45, 2.75) is 38.5 Å². The maximum atomic E-state index is 12.0. The second kappa shape index (κ2) is 5.44. The van der Waals surface area contributed by atoms with Crippen LogP contribution >= 0.6 is 11.6 Å². The van der Waals surface area contributed by atoms with Gasteiger partial charge in [-0.2, -0.15) is 0 Å². The number of pyridine rings is 1. The van der Waals surface area contributed by atoms with E-state index in [0.29, 0.717) is 23.1 Å². The Morgan fingerprint density at radius 1 is 1.38 bits per heavy atom. The van der Waals surface area contributed by atoms with Crippen LogP contribution in [0.3, 0.4) is 0 Å². The molecule has 2 nitrogen and oxygen atoms in total. The molecule has 1 aromatic rings. The molecule has 2 rings (SSSR count). The number of aromatic nitrogens is 1. The van der Waals surface area contributed by atoms with Crippen LogP contribution < -0.4 is 0 Å². The molecular weight excluding hydrogens is 222 g/mol. The SMILES string of the molecule is O=C(CC1CCCCC1)c1ncccc1Cl. The molecule has 1 fully saturated rings. The first-order valence-electron chi connectivity index (χ1n) is 5.91. The van der Waals surface area contributed by atoms with Crippen molar-refractivity contribution in [3.63, 3.8) is 0 Å². The van der Waals surface area contributed by atoms with E-state index in [-0.39, 0.29) is 5.78 Å². The van der Waals surface area contributed by atoms with Crippen LogP contribution in [-0.4, -0.2) is 10.8 Å². The molecule has 1 saturated carbocycles. The van der Waals surface area contributed by atoms with Crippen molar-refractivity contribution in [2.24, 2.45) is 5.92 Å². The van der Waals surface area contributed by atoms with E-state index in [1.807, 2.05) is 0 Å². The van der Waals surface area contributed by atoms with Gasteiger partial charge in [-0.05, 0) is 18.1 Å². The monoisotopic (exact) mass is 237 g/mol. The lowest BCUT2D eigenvalue weighted by Crippen LogP contribution is -2.13. The van der Waals surface area contributed by atoms with E-state index in [1.54, 1.807) is 18.3 Å². The summed E-state index contributed by atoms with van der Waals surface area (Å²) in [5.41, 5.74) is 0.440. The highest BCUT2D eigenvalue weighted by atomic mass is 35.5. The zero-order valence-corrected chi connectivity index (χ0v) is 10.0. The standard InChI is InChI=1S/C13H16ClNO/c14-11-7-4-8-15-13(11)12(16)9-10-5-2-1-3-6-10/h4,7-8,10H,1-3,5-6,9H2. The predicted molar refractivity (Wildman–Crippen MR) is 64.8 cm³/mol. The molecule has 0 atom stereocenters. The molecule has 1 aliphatic rings. The fraction of sp³-hybridized carbons (Fsp3) is 0.538. The fourth-order valence-electron chi connectivity index (χ4n) is 2.34. The van der Waals surface area contributed by atoms with Crippen LogP contribution in [0.2, 0.25) is 5.02 Å². The Balaban J connectivity index is 2.00. The topological polar surface area (TPSA) is 30.0 Å². The van der Waals surface area contributed by atoms with Gasteiger partial charge in [0.05, 0.1) is 5.02 Å². The van der Waals surface area contributed by atoms with Gasteiger partial charge in [-0.15, -0.1) is 0 Å². The average Bonchev–Trinajstić information content (AvgIpc) is 2.31. The van der Waals surface area contributed by atoms with Crippen LogP contribution in [0.4, 0.5) is 0 Å². The third-order valence-electron chi connectivity index (χ3n) is 3.22. The molecule has 0 amide bonds. The molecule has 0 saturated heterocycles. The van der Waals surface area contributed by atoms with Crippen molar-refractivity contribution in [3.8, 4) is 0 Å². The lowest BCUT2D eigenvalue weighted by atomic mass is 9.85. The van der Waals surface area contributed by atoms with Crippen molar-refractivity contribution < 1.29 is 4.79 Å². The molecule has 1 heterocycles. The summed E-state index contributed by atoms with van der Waals surface area (Å²) in [6, 6.07) is 3.47. The Bertz CT molecular complexity index is 372. The van der Waals surface area contributed by atoms with Gasteiger partial charge < -0.3 is 0 Å². The van der Waals surface area contributed by atoms with Gasteiger partial charge in [0.2, 0.25) is 0 Å². The van der Waals surface area contributed by atoms with Crippen LogP contribution in [0.1, 0.15) is 49.0 Å². The Morgan fingerprint density at radius 3 is 2.81 bits per heavy atom.